The van der Waals surface area contributed by atoms with Crippen molar-refractivity contribution in [2.24, 2.45) is 34.5 Å². The van der Waals surface area contributed by atoms with Crippen LogP contribution in [0, 0.1) is 34.5 Å². The molecule has 0 spiro atoms. The Morgan fingerprint density at radius 3 is 2.58 bits per heavy atom. The normalized spacial score (nSPS) is 37.4. The molecule has 45 heavy (non-hydrogen) atoms. The Kier molecular flexibility index (Phi) is 12.0. The van der Waals surface area contributed by atoms with Crippen LogP contribution in [0.3, 0.4) is 0 Å². The number of nitrogens with zero attached hydrogens (tertiary/aromatic N) is 1. The second-order valence-electron chi connectivity index (χ2n) is 15.8. The highest BCUT2D eigenvalue weighted by Gasteiger charge is 2.58. The van der Waals surface area contributed by atoms with Crippen LogP contribution in [0.1, 0.15) is 137 Å². The Morgan fingerprint density at radius 2 is 1.78 bits per heavy atom. The van der Waals surface area contributed by atoms with Crippen LogP contribution in [-0.2, 0) is 14.3 Å². The summed E-state index contributed by atoms with van der Waals surface area (Å²) in [5.74, 6) is 3.14. The van der Waals surface area contributed by atoms with Crippen molar-refractivity contribution >= 4 is 12.0 Å². The number of allylic oxidation sites excluding steroid dienone is 1. The largest absolute Gasteiger partial charge is 0.446 e. The lowest BCUT2D eigenvalue weighted by Crippen LogP contribution is -2.51. The maximum Gasteiger partial charge on any atom is 0.407 e. The van der Waals surface area contributed by atoms with Gasteiger partial charge in [-0.05, 0) is 98.7 Å². The summed E-state index contributed by atoms with van der Waals surface area (Å²) in [7, 11) is 0. The summed E-state index contributed by atoms with van der Waals surface area (Å²) < 4.78 is 11.5. The molecule has 1 aliphatic heterocycles. The summed E-state index contributed by atoms with van der Waals surface area (Å²) in [5, 5.41) is 13.0. The highest BCUT2D eigenvalue weighted by Crippen LogP contribution is 2.66. The molecule has 0 aromatic carbocycles. The predicted octanol–water partition coefficient (Wildman–Crippen LogP) is 7.80. The lowest BCUT2D eigenvalue weighted by atomic mass is 9.47. The maximum absolute atomic E-state index is 12.9. The van der Waals surface area contributed by atoms with Gasteiger partial charge in [-0.25, -0.2) is 4.79 Å². The molecule has 4 aliphatic carbocycles. The molecule has 0 aromatic heterocycles. The van der Waals surface area contributed by atoms with Gasteiger partial charge in [-0.3, -0.25) is 4.79 Å². The van der Waals surface area contributed by atoms with Crippen molar-refractivity contribution in [3.8, 4) is 0 Å². The summed E-state index contributed by atoms with van der Waals surface area (Å²) in [4.78, 5) is 27.3. The zero-order valence-electron chi connectivity index (χ0n) is 29.0. The Hall–Kier alpha value is -1.60. The van der Waals surface area contributed by atoms with Gasteiger partial charge in [0.15, 0.2) is 0 Å². The number of hydrogen-bond donors (Lipinski definition) is 2. The quantitative estimate of drug-likeness (QED) is 0.151. The number of aliphatic hydroxyl groups excluding tert-OH is 1. The minimum atomic E-state index is -0.587. The van der Waals surface area contributed by atoms with Crippen molar-refractivity contribution in [3.63, 3.8) is 0 Å². The molecule has 7 heteroatoms. The monoisotopic (exact) mass is 628 g/mol. The molecule has 3 saturated carbocycles. The van der Waals surface area contributed by atoms with E-state index in [1.54, 1.807) is 4.90 Å². The van der Waals surface area contributed by atoms with E-state index in [9.17, 15) is 14.7 Å². The number of carbonyl (C=O) groups excluding carboxylic acids is 2. The smallest absolute Gasteiger partial charge is 0.407 e. The number of aliphatic hydroxyl groups is 1. The molecule has 256 valence electrons. The first-order chi connectivity index (χ1) is 21.7. The van der Waals surface area contributed by atoms with E-state index in [4.69, 9.17) is 9.47 Å². The summed E-state index contributed by atoms with van der Waals surface area (Å²) in [6, 6.07) is -0.354. The van der Waals surface area contributed by atoms with Gasteiger partial charge in [-0.15, -0.1) is 0 Å². The van der Waals surface area contributed by atoms with Crippen LogP contribution in [-0.4, -0.2) is 66.6 Å². The lowest BCUT2D eigenvalue weighted by molar-refractivity contribution is -0.133. The topological polar surface area (TPSA) is 88.1 Å². The van der Waals surface area contributed by atoms with E-state index in [-0.39, 0.29) is 30.0 Å². The predicted molar refractivity (Wildman–Crippen MR) is 179 cm³/mol. The summed E-state index contributed by atoms with van der Waals surface area (Å²) in [5.41, 5.74) is 2.26. The van der Waals surface area contributed by atoms with Gasteiger partial charge in [0.25, 0.3) is 0 Å². The first-order valence-corrected chi connectivity index (χ1v) is 18.9. The van der Waals surface area contributed by atoms with E-state index in [1.807, 2.05) is 6.92 Å². The van der Waals surface area contributed by atoms with Gasteiger partial charge >= 0.3 is 6.09 Å². The fraction of sp³-hybridized carbons (Fsp3) is 0.895. The van der Waals surface area contributed by atoms with Crippen LogP contribution >= 0.6 is 0 Å². The van der Waals surface area contributed by atoms with E-state index < -0.39 is 12.2 Å². The number of ether oxygens (including phenoxy) is 2. The Bertz CT molecular complexity index is 1030. The molecule has 5 aliphatic rings. The van der Waals surface area contributed by atoms with Gasteiger partial charge in [0.05, 0.1) is 18.8 Å². The number of hydrogen-bond acceptors (Lipinski definition) is 5. The SMILES string of the molecule is CCCCCCCC[C@@H]1CCC2C3CC=C4CC(OC(=O)NCC(=O)N5CC[C@H](O)[C@@H]5COCCC)CC[C@@]4(C)C3CC[C@]21C. The molecule has 2 N–H and O–H groups in total. The molecule has 1 saturated heterocycles. The van der Waals surface area contributed by atoms with Crippen LogP contribution in [0.15, 0.2) is 11.6 Å². The van der Waals surface area contributed by atoms with E-state index >= 15 is 0 Å². The third-order valence-corrected chi connectivity index (χ3v) is 13.3. The van der Waals surface area contributed by atoms with Gasteiger partial charge < -0.3 is 24.8 Å². The Morgan fingerprint density at radius 1 is 0.978 bits per heavy atom. The molecule has 4 unspecified atom stereocenters. The standard InChI is InChI=1S/C38H64N2O5/c1-5-7-8-9-10-11-12-27-14-16-31-30-15-13-28-24-29(17-20-38(28,4)32(30)18-21-37(27,31)3)45-36(43)39-25-35(42)40-22-19-34(41)33(40)26-44-23-6-2/h13,27,29-34,41H,5-12,14-26H2,1-4H3,(H,39,43)/t27-,29?,30?,31?,32?,33+,34+,37+,38-/m1/s1. The molecular weight excluding hydrogens is 564 g/mol. The molecule has 0 bridgehead atoms. The first-order valence-electron chi connectivity index (χ1n) is 18.9. The van der Waals surface area contributed by atoms with E-state index in [2.05, 4.69) is 32.2 Å². The van der Waals surface area contributed by atoms with Crippen LogP contribution in [0.25, 0.3) is 0 Å². The maximum atomic E-state index is 12.9. The Balaban J connectivity index is 1.10. The van der Waals surface area contributed by atoms with Crippen molar-refractivity contribution in [1.82, 2.24) is 10.2 Å². The fourth-order valence-corrected chi connectivity index (χ4v) is 10.6. The summed E-state index contributed by atoms with van der Waals surface area (Å²) in [6.07, 6.45) is 22.1. The van der Waals surface area contributed by atoms with Gasteiger partial charge in [0, 0.05) is 19.6 Å². The molecule has 9 atom stereocenters. The molecule has 5 rings (SSSR count). The summed E-state index contributed by atoms with van der Waals surface area (Å²) in [6.45, 7) is 10.8. The van der Waals surface area contributed by atoms with Crippen LogP contribution in [0.4, 0.5) is 4.79 Å². The van der Waals surface area contributed by atoms with Crippen molar-refractivity contribution in [2.45, 2.75) is 155 Å². The number of amides is 2. The van der Waals surface area contributed by atoms with E-state index in [0.717, 1.165) is 49.4 Å². The number of alkyl carbamates (subject to hydrolysis) is 1. The molecular formula is C38H64N2O5. The average Bonchev–Trinajstić information content (AvgIpc) is 3.56. The molecule has 1 heterocycles. The van der Waals surface area contributed by atoms with Crippen LogP contribution < -0.4 is 5.32 Å². The second kappa shape index (κ2) is 15.5. The third-order valence-electron chi connectivity index (χ3n) is 13.3. The van der Waals surface area contributed by atoms with Gasteiger partial charge in [-0.1, -0.05) is 77.9 Å². The van der Waals surface area contributed by atoms with Crippen LogP contribution in [0.2, 0.25) is 0 Å². The number of carbonyl (C=O) groups is 2. The average molecular weight is 629 g/mol. The van der Waals surface area contributed by atoms with Crippen molar-refractivity contribution in [3.05, 3.63) is 11.6 Å². The molecule has 2 amide bonds. The number of nitrogens with one attached hydrogen (secondary N) is 1. The summed E-state index contributed by atoms with van der Waals surface area (Å²) >= 11 is 0. The number of rotatable bonds is 14. The van der Waals surface area contributed by atoms with E-state index in [1.165, 1.54) is 82.6 Å². The minimum absolute atomic E-state index is 0.118. The number of likely N-dealkylation sites (tertiary alicyclic amines) is 1. The third kappa shape index (κ3) is 7.60. The number of unbranched alkanes of at least 4 members (excludes halogenated alkanes) is 5. The molecule has 0 radical (unpaired) electrons. The van der Waals surface area contributed by atoms with Gasteiger partial charge in [0.1, 0.15) is 12.6 Å². The second-order valence-corrected chi connectivity index (χ2v) is 15.8. The molecule has 4 fully saturated rings. The highest BCUT2D eigenvalue weighted by atomic mass is 16.6. The van der Waals surface area contributed by atoms with Crippen molar-refractivity contribution in [2.75, 3.05) is 26.3 Å². The minimum Gasteiger partial charge on any atom is -0.446 e. The highest BCUT2D eigenvalue weighted by molar-refractivity contribution is 5.82. The van der Waals surface area contributed by atoms with Crippen molar-refractivity contribution < 1.29 is 24.2 Å². The lowest BCUT2D eigenvalue weighted by Gasteiger charge is -2.58. The Labute approximate surface area is 273 Å². The zero-order chi connectivity index (χ0) is 32.0. The molecule has 7 nitrogen and oxygen atoms in total. The van der Waals surface area contributed by atoms with Gasteiger partial charge in [0.2, 0.25) is 5.91 Å². The first kappa shape index (κ1) is 34.7. The van der Waals surface area contributed by atoms with Crippen LogP contribution in [0.5, 0.6) is 0 Å². The zero-order valence-corrected chi connectivity index (χ0v) is 29.0. The van der Waals surface area contributed by atoms with Gasteiger partial charge in [-0.2, -0.15) is 0 Å². The van der Waals surface area contributed by atoms with E-state index in [0.29, 0.717) is 31.6 Å². The van der Waals surface area contributed by atoms with Crippen molar-refractivity contribution in [1.29, 1.82) is 0 Å². The number of fused-ring (bicyclic) bond motifs is 5. The molecule has 0 aromatic rings. The fourth-order valence-electron chi connectivity index (χ4n) is 10.6.